The van der Waals surface area contributed by atoms with Gasteiger partial charge in [0.2, 0.25) is 0 Å². The number of aryl methyl sites for hydroxylation is 1. The molecule has 0 aliphatic rings. The van der Waals surface area contributed by atoms with Gasteiger partial charge in [0, 0.05) is 30.6 Å². The Bertz CT molecular complexity index is 692. The number of aromatic nitrogens is 3. The van der Waals surface area contributed by atoms with Crippen LogP contribution in [0.1, 0.15) is 23.1 Å². The van der Waals surface area contributed by atoms with Crippen LogP contribution in [0.3, 0.4) is 0 Å². The lowest BCUT2D eigenvalue weighted by Gasteiger charge is -2.16. The van der Waals surface area contributed by atoms with E-state index in [1.807, 2.05) is 13.8 Å². The second kappa shape index (κ2) is 6.65. The molecule has 0 unspecified atom stereocenters. The molecule has 0 bridgehead atoms. The topological polar surface area (TPSA) is 91.0 Å². The summed E-state index contributed by atoms with van der Waals surface area (Å²) in [4.78, 5) is 5.08. The zero-order valence-electron chi connectivity index (χ0n) is 12.3. The minimum absolute atomic E-state index is 0.146. The van der Waals surface area contributed by atoms with Gasteiger partial charge in [-0.3, -0.25) is 5.10 Å². The number of sulfonamides is 1. The van der Waals surface area contributed by atoms with E-state index in [0.717, 1.165) is 17.1 Å². The van der Waals surface area contributed by atoms with E-state index in [0.29, 0.717) is 18.7 Å². The number of rotatable bonds is 7. The number of H-pyrrole nitrogens is 1. The Morgan fingerprint density at radius 1 is 1.48 bits per heavy atom. The predicted molar refractivity (Wildman–Crippen MR) is 81.5 cm³/mol. The SMILES string of the molecule is CCNCc1cn[nH]c1S(=O)(=O)N(C)Cc1scnc1C. The van der Waals surface area contributed by atoms with Gasteiger partial charge in [0.05, 0.1) is 17.4 Å². The zero-order valence-corrected chi connectivity index (χ0v) is 13.9. The Kier molecular flexibility index (Phi) is 5.09. The van der Waals surface area contributed by atoms with Crippen LogP contribution < -0.4 is 5.32 Å². The molecule has 0 saturated heterocycles. The van der Waals surface area contributed by atoms with E-state index in [1.54, 1.807) is 18.8 Å². The summed E-state index contributed by atoms with van der Waals surface area (Å²) < 4.78 is 26.6. The monoisotopic (exact) mass is 329 g/mol. The standard InChI is InChI=1S/C12H19N5O2S2/c1-4-13-5-10-6-15-16-12(10)21(18,19)17(3)7-11-9(2)14-8-20-11/h6,8,13H,4-5,7H2,1-3H3,(H,15,16). The summed E-state index contributed by atoms with van der Waals surface area (Å²) in [6, 6.07) is 0. The summed E-state index contributed by atoms with van der Waals surface area (Å²) in [6.45, 7) is 5.38. The van der Waals surface area contributed by atoms with E-state index in [4.69, 9.17) is 0 Å². The van der Waals surface area contributed by atoms with Crippen molar-refractivity contribution >= 4 is 21.4 Å². The van der Waals surface area contributed by atoms with Crippen molar-refractivity contribution in [3.05, 3.63) is 27.8 Å². The smallest absolute Gasteiger partial charge is 0.260 e. The van der Waals surface area contributed by atoms with Gasteiger partial charge < -0.3 is 5.32 Å². The average molecular weight is 329 g/mol. The van der Waals surface area contributed by atoms with Gasteiger partial charge in [-0.2, -0.15) is 9.40 Å². The van der Waals surface area contributed by atoms with E-state index in [2.05, 4.69) is 20.5 Å². The molecule has 7 nitrogen and oxygen atoms in total. The molecule has 0 atom stereocenters. The molecule has 0 aromatic carbocycles. The number of thiazole rings is 1. The maximum absolute atomic E-state index is 12.6. The van der Waals surface area contributed by atoms with Gasteiger partial charge in [-0.15, -0.1) is 11.3 Å². The maximum Gasteiger partial charge on any atom is 0.260 e. The molecule has 0 saturated carbocycles. The molecule has 2 N–H and O–H groups in total. The second-order valence-corrected chi connectivity index (χ2v) is 7.55. The van der Waals surface area contributed by atoms with E-state index in [1.165, 1.54) is 15.6 Å². The fraction of sp³-hybridized carbons (Fsp3) is 0.500. The van der Waals surface area contributed by atoms with E-state index in [-0.39, 0.29) is 5.03 Å². The molecule has 21 heavy (non-hydrogen) atoms. The highest BCUT2D eigenvalue weighted by Gasteiger charge is 2.26. The molecule has 0 aliphatic heterocycles. The van der Waals surface area contributed by atoms with Crippen molar-refractivity contribution in [2.45, 2.75) is 32.0 Å². The first-order valence-electron chi connectivity index (χ1n) is 6.55. The fourth-order valence-corrected chi connectivity index (χ4v) is 3.98. The molecular weight excluding hydrogens is 310 g/mol. The lowest BCUT2D eigenvalue weighted by atomic mass is 10.3. The molecule has 116 valence electrons. The highest BCUT2D eigenvalue weighted by molar-refractivity contribution is 7.89. The van der Waals surface area contributed by atoms with Crippen LogP contribution in [0.5, 0.6) is 0 Å². The van der Waals surface area contributed by atoms with Crippen LogP contribution >= 0.6 is 11.3 Å². The van der Waals surface area contributed by atoms with E-state index in [9.17, 15) is 8.42 Å². The normalized spacial score (nSPS) is 12.2. The Balaban J connectivity index is 2.21. The van der Waals surface area contributed by atoms with Crippen molar-refractivity contribution < 1.29 is 8.42 Å². The first-order valence-corrected chi connectivity index (χ1v) is 8.87. The number of nitrogens with one attached hydrogen (secondary N) is 2. The summed E-state index contributed by atoms with van der Waals surface area (Å²) in [5, 5.41) is 9.71. The largest absolute Gasteiger partial charge is 0.313 e. The Hall–Kier alpha value is -1.29. The van der Waals surface area contributed by atoms with Gasteiger partial charge in [0.25, 0.3) is 10.0 Å². The summed E-state index contributed by atoms with van der Waals surface area (Å²) in [5.74, 6) is 0. The molecule has 2 heterocycles. The van der Waals surface area contributed by atoms with Crippen LogP contribution in [0.2, 0.25) is 0 Å². The Morgan fingerprint density at radius 2 is 2.24 bits per heavy atom. The molecule has 2 rings (SSSR count). The van der Waals surface area contributed by atoms with Crippen molar-refractivity contribution in [3.63, 3.8) is 0 Å². The van der Waals surface area contributed by atoms with Crippen molar-refractivity contribution in [2.75, 3.05) is 13.6 Å². The Morgan fingerprint density at radius 3 is 2.86 bits per heavy atom. The van der Waals surface area contributed by atoms with Crippen LogP contribution in [0.15, 0.2) is 16.7 Å². The lowest BCUT2D eigenvalue weighted by Crippen LogP contribution is -2.28. The van der Waals surface area contributed by atoms with Crippen LogP contribution in [0.4, 0.5) is 0 Å². The van der Waals surface area contributed by atoms with Gasteiger partial charge in [-0.05, 0) is 13.5 Å². The molecule has 0 fully saturated rings. The minimum atomic E-state index is -3.60. The molecule has 0 spiro atoms. The van der Waals surface area contributed by atoms with Gasteiger partial charge in [0.1, 0.15) is 0 Å². The summed E-state index contributed by atoms with van der Waals surface area (Å²) >= 11 is 1.45. The summed E-state index contributed by atoms with van der Waals surface area (Å²) in [7, 11) is -2.03. The zero-order chi connectivity index (χ0) is 15.5. The number of hydrogen-bond donors (Lipinski definition) is 2. The summed E-state index contributed by atoms with van der Waals surface area (Å²) in [5.41, 5.74) is 3.22. The van der Waals surface area contributed by atoms with E-state index >= 15 is 0 Å². The van der Waals surface area contributed by atoms with Gasteiger partial charge in [0.15, 0.2) is 5.03 Å². The van der Waals surface area contributed by atoms with Crippen LogP contribution in [0, 0.1) is 6.92 Å². The highest BCUT2D eigenvalue weighted by atomic mass is 32.2. The van der Waals surface area contributed by atoms with Crippen LogP contribution in [-0.2, 0) is 23.1 Å². The average Bonchev–Trinajstić information content (AvgIpc) is 3.06. The molecule has 0 aliphatic carbocycles. The third-order valence-corrected chi connectivity index (χ3v) is 5.86. The summed E-state index contributed by atoms with van der Waals surface area (Å²) in [6.07, 6.45) is 1.54. The molecule has 2 aromatic rings. The van der Waals surface area contributed by atoms with Crippen molar-refractivity contribution in [3.8, 4) is 0 Å². The van der Waals surface area contributed by atoms with Crippen LogP contribution in [-0.4, -0.2) is 41.5 Å². The first-order chi connectivity index (χ1) is 9.96. The van der Waals surface area contributed by atoms with Gasteiger partial charge in [-0.1, -0.05) is 6.92 Å². The van der Waals surface area contributed by atoms with Crippen molar-refractivity contribution in [1.29, 1.82) is 0 Å². The quantitative estimate of drug-likeness (QED) is 0.794. The first kappa shape index (κ1) is 16.1. The van der Waals surface area contributed by atoms with Crippen molar-refractivity contribution in [2.24, 2.45) is 0 Å². The van der Waals surface area contributed by atoms with Gasteiger partial charge >= 0.3 is 0 Å². The molecular formula is C12H19N5O2S2. The van der Waals surface area contributed by atoms with E-state index < -0.39 is 10.0 Å². The Labute approximate surface area is 128 Å². The third kappa shape index (κ3) is 3.49. The molecule has 2 aromatic heterocycles. The number of hydrogen-bond acceptors (Lipinski definition) is 6. The molecule has 0 radical (unpaired) electrons. The van der Waals surface area contributed by atoms with Crippen molar-refractivity contribution in [1.82, 2.24) is 24.8 Å². The number of aromatic amines is 1. The molecule has 9 heteroatoms. The number of nitrogens with zero attached hydrogens (tertiary/aromatic N) is 3. The predicted octanol–water partition coefficient (Wildman–Crippen LogP) is 1.10. The highest BCUT2D eigenvalue weighted by Crippen LogP contribution is 2.21. The lowest BCUT2D eigenvalue weighted by molar-refractivity contribution is 0.464. The fourth-order valence-electron chi connectivity index (χ4n) is 1.83. The minimum Gasteiger partial charge on any atom is -0.313 e. The molecule has 0 amide bonds. The maximum atomic E-state index is 12.6. The third-order valence-electron chi connectivity index (χ3n) is 3.12. The van der Waals surface area contributed by atoms with Crippen LogP contribution in [0.25, 0.3) is 0 Å². The second-order valence-electron chi connectivity index (χ2n) is 4.63. The van der Waals surface area contributed by atoms with Gasteiger partial charge in [-0.25, -0.2) is 13.4 Å².